The van der Waals surface area contributed by atoms with Gasteiger partial charge in [-0.25, -0.2) is 19.4 Å². The van der Waals surface area contributed by atoms with Gasteiger partial charge in [-0.3, -0.25) is 14.1 Å². The first-order chi connectivity index (χ1) is 24.2. The smallest absolute Gasteiger partial charge is 0.417 e. The largest absolute Gasteiger partial charge is 0.444 e. The number of carbonyl (C=O) groups is 1. The summed E-state index contributed by atoms with van der Waals surface area (Å²) in [4.78, 5) is 31.7. The summed E-state index contributed by atoms with van der Waals surface area (Å²) in [6, 6.07) is 3.06. The van der Waals surface area contributed by atoms with Gasteiger partial charge >= 0.3 is 12.3 Å². The summed E-state index contributed by atoms with van der Waals surface area (Å²) in [7, 11) is -1.54. The first-order valence-electron chi connectivity index (χ1n) is 17.1. The number of thiophene rings is 1. The van der Waals surface area contributed by atoms with Crippen LogP contribution in [0.2, 0.25) is 0 Å². The number of alkyl halides is 3. The van der Waals surface area contributed by atoms with E-state index in [0.717, 1.165) is 25.7 Å². The highest BCUT2D eigenvalue weighted by Crippen LogP contribution is 2.49. The van der Waals surface area contributed by atoms with Crippen molar-refractivity contribution in [2.75, 3.05) is 30.9 Å². The molecule has 4 unspecified atom stereocenters. The van der Waals surface area contributed by atoms with Crippen molar-refractivity contribution in [3.8, 4) is 11.3 Å². The molecule has 51 heavy (non-hydrogen) atoms. The van der Waals surface area contributed by atoms with Crippen LogP contribution in [0.4, 0.5) is 23.8 Å². The zero-order chi connectivity index (χ0) is 36.0. The predicted molar refractivity (Wildman–Crippen MR) is 189 cm³/mol. The Bertz CT molecular complexity index is 2210. The number of aromatic nitrogens is 5. The Morgan fingerprint density at radius 1 is 1.08 bits per heavy atom. The van der Waals surface area contributed by atoms with Gasteiger partial charge in [0.15, 0.2) is 6.23 Å². The molecule has 270 valence electrons. The van der Waals surface area contributed by atoms with Crippen LogP contribution in [-0.2, 0) is 26.4 Å². The minimum Gasteiger partial charge on any atom is -0.444 e. The Balaban J connectivity index is 1.30. The maximum Gasteiger partial charge on any atom is 0.417 e. The molecule has 8 rings (SSSR count). The van der Waals surface area contributed by atoms with Crippen LogP contribution in [-0.4, -0.2) is 83.6 Å². The van der Waals surface area contributed by atoms with Crippen LogP contribution >= 0.6 is 11.3 Å². The molecule has 11 nitrogen and oxygen atoms in total. The van der Waals surface area contributed by atoms with Crippen molar-refractivity contribution < 1.29 is 31.6 Å². The number of nitrogens with zero attached hydrogens (tertiary/aromatic N) is 7. The average molecular weight is 742 g/mol. The number of carbonyl (C=O) groups excluding carboxylic acids is 1. The van der Waals surface area contributed by atoms with Crippen molar-refractivity contribution in [2.24, 2.45) is 0 Å². The van der Waals surface area contributed by atoms with Crippen molar-refractivity contribution in [2.45, 2.75) is 95.0 Å². The molecule has 0 N–H and O–H groups in total. The van der Waals surface area contributed by atoms with Crippen molar-refractivity contribution in [3.05, 3.63) is 35.7 Å². The number of halogens is 3. The van der Waals surface area contributed by atoms with Crippen LogP contribution in [0.5, 0.6) is 0 Å². The highest BCUT2D eigenvalue weighted by molar-refractivity contribution is 7.84. The Morgan fingerprint density at radius 2 is 1.82 bits per heavy atom. The fourth-order valence-electron chi connectivity index (χ4n) is 7.86. The zero-order valence-corrected chi connectivity index (χ0v) is 30.5. The van der Waals surface area contributed by atoms with Crippen LogP contribution in [0.25, 0.3) is 42.5 Å². The number of hydrogen-bond donors (Lipinski definition) is 0. The minimum absolute atomic E-state index is 0.0467. The van der Waals surface area contributed by atoms with Crippen LogP contribution in [0, 0.1) is 6.92 Å². The Labute approximate surface area is 298 Å². The van der Waals surface area contributed by atoms with Crippen molar-refractivity contribution in [3.63, 3.8) is 0 Å². The lowest BCUT2D eigenvalue weighted by molar-refractivity contribution is -0.137. The molecule has 0 radical (unpaired) electrons. The molecule has 0 spiro atoms. The average Bonchev–Trinajstić information content (AvgIpc) is 3.74. The number of amides is 1. The van der Waals surface area contributed by atoms with Crippen LogP contribution in [0.3, 0.4) is 0 Å². The lowest BCUT2D eigenvalue weighted by Gasteiger charge is -2.42. The molecule has 1 aromatic carbocycles. The van der Waals surface area contributed by atoms with Gasteiger partial charge < -0.3 is 14.4 Å². The second kappa shape index (κ2) is 12.4. The number of hydrogen-bond acceptors (Lipinski definition) is 10. The topological polar surface area (TPSA) is 116 Å². The summed E-state index contributed by atoms with van der Waals surface area (Å²) < 4.78 is 71.8. The molecule has 16 heteroatoms. The highest BCUT2D eigenvalue weighted by atomic mass is 32.2. The number of ether oxygens (including phenoxy) is 2. The molecule has 7 heterocycles. The van der Waals surface area contributed by atoms with Gasteiger partial charge in [-0.2, -0.15) is 18.3 Å². The Morgan fingerprint density at radius 3 is 2.47 bits per heavy atom. The molecule has 3 aliphatic rings. The Hall–Kier alpha value is -3.89. The van der Waals surface area contributed by atoms with Crippen molar-refractivity contribution in [1.29, 1.82) is 0 Å². The fraction of sp³-hybridized carbons (Fsp3) is 0.514. The molecular weight excluding hydrogens is 704 g/mol. The molecule has 3 aliphatic heterocycles. The van der Waals surface area contributed by atoms with E-state index in [1.54, 1.807) is 10.7 Å². The summed E-state index contributed by atoms with van der Waals surface area (Å²) in [5.41, 5.74) is -0.677. The van der Waals surface area contributed by atoms with Gasteiger partial charge in [-0.05, 0) is 77.5 Å². The fourth-order valence-corrected chi connectivity index (χ4v) is 9.52. The third-order valence-electron chi connectivity index (χ3n) is 9.90. The standard InChI is InChI=1S/C35H38F3N7O4S2/c1-18-14-23-22(15-40-45(23)24-8-6-7-13-48-24)25(27(18)35(36,37)38)28-29-21(11-12-39-28)26-30(41-32(51(5)47)42-31(26)50-29)43-16-19-9-10-20(17-43)44(19)33(46)49-34(2,3)4/h11-12,14-15,19-20,24H,6-10,13,16-17H2,1-5H3. The van der Waals surface area contributed by atoms with E-state index in [1.807, 2.05) is 25.7 Å². The lowest BCUT2D eigenvalue weighted by Crippen LogP contribution is -2.57. The summed E-state index contributed by atoms with van der Waals surface area (Å²) in [6.45, 7) is 8.48. The number of piperazine rings is 1. The molecule has 5 aromatic rings. The third kappa shape index (κ3) is 5.92. The second-order valence-corrected chi connectivity index (χ2v) is 16.8. The Kier molecular flexibility index (Phi) is 8.29. The van der Waals surface area contributed by atoms with Crippen molar-refractivity contribution >= 4 is 65.3 Å². The molecule has 3 saturated heterocycles. The maximum absolute atomic E-state index is 15.0. The highest BCUT2D eigenvalue weighted by Gasteiger charge is 2.45. The molecule has 4 aromatic heterocycles. The van der Waals surface area contributed by atoms with E-state index < -0.39 is 28.1 Å². The molecule has 0 saturated carbocycles. The van der Waals surface area contributed by atoms with E-state index in [9.17, 15) is 9.00 Å². The third-order valence-corrected chi connectivity index (χ3v) is 11.7. The quantitative estimate of drug-likeness (QED) is 0.172. The van der Waals surface area contributed by atoms with Gasteiger partial charge in [0, 0.05) is 48.5 Å². The predicted octanol–water partition coefficient (Wildman–Crippen LogP) is 7.61. The van der Waals surface area contributed by atoms with Crippen molar-refractivity contribution in [1.82, 2.24) is 29.6 Å². The van der Waals surface area contributed by atoms with Crippen LogP contribution < -0.4 is 4.90 Å². The minimum atomic E-state index is -4.68. The number of aryl methyl sites for hydroxylation is 1. The van der Waals surface area contributed by atoms with Gasteiger partial charge in [0.1, 0.15) is 16.2 Å². The van der Waals surface area contributed by atoms with Gasteiger partial charge in [0.2, 0.25) is 5.16 Å². The van der Waals surface area contributed by atoms with Gasteiger partial charge in [0.05, 0.1) is 55.9 Å². The van der Waals surface area contributed by atoms with E-state index in [2.05, 4.69) is 20.0 Å². The van der Waals surface area contributed by atoms with Gasteiger partial charge in [0.25, 0.3) is 0 Å². The molecule has 2 bridgehead atoms. The van der Waals surface area contributed by atoms with E-state index in [0.29, 0.717) is 63.1 Å². The van der Waals surface area contributed by atoms with E-state index in [-0.39, 0.29) is 46.4 Å². The van der Waals surface area contributed by atoms with Crippen LogP contribution in [0.15, 0.2) is 29.7 Å². The first-order valence-corrected chi connectivity index (χ1v) is 19.5. The van der Waals surface area contributed by atoms with E-state index in [1.165, 1.54) is 43.0 Å². The molecule has 0 aliphatic carbocycles. The summed E-state index contributed by atoms with van der Waals surface area (Å²) in [5.74, 6) is 0.544. The van der Waals surface area contributed by atoms with Gasteiger partial charge in [-0.1, -0.05) is 0 Å². The zero-order valence-electron chi connectivity index (χ0n) is 28.9. The first kappa shape index (κ1) is 34.2. The number of benzene rings is 1. The molecule has 4 atom stereocenters. The SMILES string of the molecule is Cc1cc2c(cnn2C2CCCCO2)c(-c2nccc3c2sc2nc(S(C)=O)nc(N4CC5CCC(C4)N5C(=O)OC(C)(C)C)c23)c1C(F)(F)F. The molecule has 1 amide bonds. The van der Waals surface area contributed by atoms with Gasteiger partial charge in [-0.15, -0.1) is 11.3 Å². The van der Waals surface area contributed by atoms with Crippen LogP contribution in [0.1, 0.15) is 70.2 Å². The summed E-state index contributed by atoms with van der Waals surface area (Å²) >= 11 is 1.21. The van der Waals surface area contributed by atoms with E-state index in [4.69, 9.17) is 14.5 Å². The molecular formula is C35H38F3N7O4S2. The number of rotatable bonds is 4. The maximum atomic E-state index is 15.0. The second-order valence-electron chi connectivity index (χ2n) is 14.6. The monoisotopic (exact) mass is 741 g/mol. The normalized spacial score (nSPS) is 22.0. The summed E-state index contributed by atoms with van der Waals surface area (Å²) in [6.07, 6.45) is 3.27. The lowest BCUT2D eigenvalue weighted by atomic mass is 9.94. The van der Waals surface area contributed by atoms with E-state index >= 15 is 13.2 Å². The summed E-state index contributed by atoms with van der Waals surface area (Å²) in [5, 5.41) is 6.32. The molecule has 3 fully saturated rings. The number of fused-ring (bicyclic) bond motifs is 6. The number of pyridine rings is 1. The number of anilines is 1.